The fourth-order valence-electron chi connectivity index (χ4n) is 3.30. The molecule has 1 heterocycles. The molecule has 0 saturated carbocycles. The van der Waals surface area contributed by atoms with Crippen molar-refractivity contribution in [1.29, 1.82) is 0 Å². The molecule has 1 aromatic rings. The summed E-state index contributed by atoms with van der Waals surface area (Å²) in [6.45, 7) is 12.6. The Morgan fingerprint density at radius 2 is 2.00 bits per heavy atom. The van der Waals surface area contributed by atoms with Crippen molar-refractivity contribution in [2.45, 2.75) is 64.0 Å². The SMILES string of the molecule is CN(Cc1ccccc1)[C@H](/C(=C\C=O)OCC[Si](C)(C)C)[C@H]1COC(C)(C)O1. The van der Waals surface area contributed by atoms with E-state index in [1.54, 1.807) is 0 Å². The maximum Gasteiger partial charge on any atom is 0.163 e. The highest BCUT2D eigenvalue weighted by Crippen LogP contribution is 2.30. The average molecular weight is 406 g/mol. The third-order valence-corrected chi connectivity index (χ3v) is 6.48. The van der Waals surface area contributed by atoms with Crippen LogP contribution in [0.3, 0.4) is 0 Å². The fourth-order valence-corrected chi connectivity index (χ4v) is 4.01. The molecule has 1 aliphatic rings. The molecule has 28 heavy (non-hydrogen) atoms. The van der Waals surface area contributed by atoms with Gasteiger partial charge < -0.3 is 14.2 Å². The highest BCUT2D eigenvalue weighted by atomic mass is 28.3. The second-order valence-corrected chi connectivity index (χ2v) is 14.7. The number of allylic oxidation sites excluding steroid dienone is 1. The number of carbonyl (C=O) groups excluding carboxylic acids is 1. The Labute approximate surface area is 170 Å². The average Bonchev–Trinajstić information content (AvgIpc) is 2.94. The van der Waals surface area contributed by atoms with Gasteiger partial charge in [-0.3, -0.25) is 9.69 Å². The molecule has 2 rings (SSSR count). The Morgan fingerprint density at radius 3 is 2.54 bits per heavy atom. The largest absolute Gasteiger partial charge is 0.496 e. The zero-order valence-corrected chi connectivity index (χ0v) is 19.1. The smallest absolute Gasteiger partial charge is 0.163 e. The minimum absolute atomic E-state index is 0.200. The number of hydrogen-bond donors (Lipinski definition) is 0. The Hall–Kier alpha value is -1.47. The highest BCUT2D eigenvalue weighted by molar-refractivity contribution is 6.76. The Balaban J connectivity index is 2.21. The number of aldehydes is 1. The van der Waals surface area contributed by atoms with Crippen LogP contribution in [-0.2, 0) is 25.5 Å². The quantitative estimate of drug-likeness (QED) is 0.254. The molecular formula is C22H35NO4Si. The fraction of sp³-hybridized carbons (Fsp3) is 0.591. The van der Waals surface area contributed by atoms with Crippen molar-refractivity contribution in [2.24, 2.45) is 0 Å². The number of hydrogen-bond acceptors (Lipinski definition) is 5. The van der Waals surface area contributed by atoms with E-state index in [1.165, 1.54) is 11.6 Å². The van der Waals surface area contributed by atoms with Gasteiger partial charge in [-0.15, -0.1) is 0 Å². The van der Waals surface area contributed by atoms with Gasteiger partial charge in [0.1, 0.15) is 18.1 Å². The van der Waals surface area contributed by atoms with Crippen molar-refractivity contribution in [3.63, 3.8) is 0 Å². The first-order chi connectivity index (χ1) is 13.1. The van der Waals surface area contributed by atoms with Gasteiger partial charge in [0.25, 0.3) is 0 Å². The monoisotopic (exact) mass is 405 g/mol. The minimum atomic E-state index is -1.23. The lowest BCUT2D eigenvalue weighted by molar-refractivity contribution is -0.146. The predicted octanol–water partition coefficient (Wildman–Crippen LogP) is 4.08. The van der Waals surface area contributed by atoms with Crippen molar-refractivity contribution in [3.8, 4) is 0 Å². The second kappa shape index (κ2) is 9.83. The zero-order chi connectivity index (χ0) is 20.8. The van der Waals surface area contributed by atoms with Crippen molar-refractivity contribution < 1.29 is 19.0 Å². The van der Waals surface area contributed by atoms with Crippen LogP contribution in [0.5, 0.6) is 0 Å². The van der Waals surface area contributed by atoms with Crippen molar-refractivity contribution in [3.05, 3.63) is 47.7 Å². The summed E-state index contributed by atoms with van der Waals surface area (Å²) in [5, 5.41) is 0. The van der Waals surface area contributed by atoms with E-state index >= 15 is 0 Å². The second-order valence-electron chi connectivity index (χ2n) is 9.08. The third-order valence-electron chi connectivity index (χ3n) is 4.78. The third kappa shape index (κ3) is 7.17. The first-order valence-electron chi connectivity index (χ1n) is 9.95. The van der Waals surface area contributed by atoms with Gasteiger partial charge in [0.15, 0.2) is 5.79 Å². The Kier molecular flexibility index (Phi) is 8.01. The molecule has 6 heteroatoms. The molecule has 0 radical (unpaired) electrons. The lowest BCUT2D eigenvalue weighted by Crippen LogP contribution is -2.45. The highest BCUT2D eigenvalue weighted by Gasteiger charge is 2.41. The van der Waals surface area contributed by atoms with Gasteiger partial charge in [-0.25, -0.2) is 0 Å². The van der Waals surface area contributed by atoms with Crippen molar-refractivity contribution in [2.75, 3.05) is 20.3 Å². The van der Waals surface area contributed by atoms with Crippen molar-refractivity contribution >= 4 is 14.4 Å². The summed E-state index contributed by atoms with van der Waals surface area (Å²) in [6.07, 6.45) is 2.13. The van der Waals surface area contributed by atoms with E-state index in [4.69, 9.17) is 14.2 Å². The minimum Gasteiger partial charge on any atom is -0.496 e. The van der Waals surface area contributed by atoms with E-state index in [2.05, 4.69) is 36.7 Å². The molecule has 1 fully saturated rings. The standard InChI is InChI=1S/C22H35NO4Si/c1-22(2)26-17-20(27-22)21(23(3)16-18-10-8-7-9-11-18)19(12-13-24)25-14-15-28(4,5)6/h7-13,20-21H,14-17H2,1-6H3/b19-12+/t20-,21-/m1/s1. The lowest BCUT2D eigenvalue weighted by atomic mass is 10.1. The van der Waals surface area contributed by atoms with E-state index < -0.39 is 13.9 Å². The summed E-state index contributed by atoms with van der Waals surface area (Å²) in [5.74, 6) is 0.0131. The topological polar surface area (TPSA) is 48.0 Å². The summed E-state index contributed by atoms with van der Waals surface area (Å²) in [6, 6.07) is 11.1. The first-order valence-corrected chi connectivity index (χ1v) is 13.7. The van der Waals surface area contributed by atoms with Gasteiger partial charge in [-0.2, -0.15) is 0 Å². The molecule has 2 atom stereocenters. The number of benzene rings is 1. The van der Waals surface area contributed by atoms with Crippen LogP contribution in [0, 0.1) is 0 Å². The molecule has 0 unspecified atom stereocenters. The van der Waals surface area contributed by atoms with E-state index in [9.17, 15) is 4.79 Å². The number of ether oxygens (including phenoxy) is 3. The Morgan fingerprint density at radius 1 is 1.32 bits per heavy atom. The molecule has 0 amide bonds. The van der Waals surface area contributed by atoms with Crippen molar-refractivity contribution in [1.82, 2.24) is 4.90 Å². The van der Waals surface area contributed by atoms with Crippen LogP contribution < -0.4 is 0 Å². The van der Waals surface area contributed by atoms with Crippen LogP contribution in [-0.4, -0.2) is 57.5 Å². The van der Waals surface area contributed by atoms with E-state index in [1.807, 2.05) is 39.1 Å². The maximum atomic E-state index is 11.4. The molecule has 0 aromatic heterocycles. The van der Waals surface area contributed by atoms with Gasteiger partial charge in [0.2, 0.25) is 0 Å². The summed E-state index contributed by atoms with van der Waals surface area (Å²) < 4.78 is 18.1. The van der Waals surface area contributed by atoms with Crippen LogP contribution in [0.1, 0.15) is 19.4 Å². The number of rotatable bonds is 10. The molecule has 156 valence electrons. The Bertz CT molecular complexity index is 654. The van der Waals surface area contributed by atoms with Crippen LogP contribution >= 0.6 is 0 Å². The van der Waals surface area contributed by atoms with Gasteiger partial charge in [-0.1, -0.05) is 50.0 Å². The van der Waals surface area contributed by atoms with Gasteiger partial charge in [-0.05, 0) is 32.5 Å². The summed E-state index contributed by atoms with van der Waals surface area (Å²) in [7, 11) is 0.800. The summed E-state index contributed by atoms with van der Waals surface area (Å²) >= 11 is 0. The molecule has 1 aliphatic heterocycles. The lowest BCUT2D eigenvalue weighted by Gasteiger charge is -2.34. The zero-order valence-electron chi connectivity index (χ0n) is 18.1. The molecule has 0 N–H and O–H groups in total. The predicted molar refractivity (Wildman–Crippen MR) is 115 cm³/mol. The molecule has 0 bridgehead atoms. The van der Waals surface area contributed by atoms with Gasteiger partial charge in [0.05, 0.1) is 19.3 Å². The summed E-state index contributed by atoms with van der Waals surface area (Å²) in [5.41, 5.74) is 1.20. The summed E-state index contributed by atoms with van der Waals surface area (Å²) in [4.78, 5) is 13.5. The van der Waals surface area contributed by atoms with Crippen LogP contribution in [0.2, 0.25) is 25.7 Å². The number of likely N-dealkylation sites (N-methyl/N-ethyl adjacent to an activating group) is 1. The van der Waals surface area contributed by atoms with Crippen LogP contribution in [0.4, 0.5) is 0 Å². The van der Waals surface area contributed by atoms with Crippen LogP contribution in [0.25, 0.3) is 0 Å². The van der Waals surface area contributed by atoms with E-state index in [-0.39, 0.29) is 12.1 Å². The first kappa shape index (κ1) is 22.8. The molecular weight excluding hydrogens is 370 g/mol. The molecule has 1 aromatic carbocycles. The van der Waals surface area contributed by atoms with Gasteiger partial charge in [0, 0.05) is 20.7 Å². The maximum absolute atomic E-state index is 11.4. The molecule has 1 saturated heterocycles. The van der Waals surface area contributed by atoms with Gasteiger partial charge >= 0.3 is 0 Å². The normalized spacial score (nSPS) is 21.0. The molecule has 5 nitrogen and oxygen atoms in total. The van der Waals surface area contributed by atoms with E-state index in [0.29, 0.717) is 19.0 Å². The molecule has 0 spiro atoms. The number of nitrogens with zero attached hydrogens (tertiary/aromatic N) is 1. The molecule has 0 aliphatic carbocycles. The number of carbonyl (C=O) groups is 1. The van der Waals surface area contributed by atoms with E-state index in [0.717, 1.165) is 18.9 Å². The van der Waals surface area contributed by atoms with Crippen LogP contribution in [0.15, 0.2) is 42.2 Å².